The summed E-state index contributed by atoms with van der Waals surface area (Å²) in [5.74, 6) is -0.731. The first-order chi connectivity index (χ1) is 11.1. The minimum absolute atomic E-state index is 0.0640. The highest BCUT2D eigenvalue weighted by Gasteiger charge is 2.42. The lowest BCUT2D eigenvalue weighted by Gasteiger charge is -2.28. The maximum absolute atomic E-state index is 13.1. The van der Waals surface area contributed by atoms with Crippen LogP contribution in [0, 0.1) is 5.82 Å². The van der Waals surface area contributed by atoms with Gasteiger partial charge in [-0.1, -0.05) is 25.0 Å². The Hall–Kier alpha value is -1.95. The summed E-state index contributed by atoms with van der Waals surface area (Å²) in [7, 11) is 1.56. The molecule has 0 heterocycles. The van der Waals surface area contributed by atoms with E-state index in [9.17, 15) is 14.0 Å². The molecular weight excluding hydrogens is 299 g/mol. The minimum Gasteiger partial charge on any atom is -0.383 e. The molecule has 1 aliphatic rings. The molecule has 2 N–H and O–H groups in total. The zero-order chi connectivity index (χ0) is 16.7. The Morgan fingerprint density at radius 3 is 2.43 bits per heavy atom. The van der Waals surface area contributed by atoms with Crippen molar-refractivity contribution in [1.29, 1.82) is 0 Å². The van der Waals surface area contributed by atoms with E-state index in [1.165, 1.54) is 12.1 Å². The number of ether oxygens (including phenoxy) is 1. The molecule has 1 aliphatic carbocycles. The van der Waals surface area contributed by atoms with E-state index in [0.717, 1.165) is 31.2 Å². The van der Waals surface area contributed by atoms with Gasteiger partial charge < -0.3 is 15.4 Å². The normalized spacial score (nSPS) is 16.1. The number of carbonyl (C=O) groups excluding carboxylic acids is 2. The van der Waals surface area contributed by atoms with Crippen molar-refractivity contribution in [3.63, 3.8) is 0 Å². The molecule has 0 unspecified atom stereocenters. The summed E-state index contributed by atoms with van der Waals surface area (Å²) < 4.78 is 18.0. The third kappa shape index (κ3) is 4.28. The molecule has 0 bridgehead atoms. The van der Waals surface area contributed by atoms with Gasteiger partial charge in [0.15, 0.2) is 0 Å². The van der Waals surface area contributed by atoms with Crippen molar-refractivity contribution >= 4 is 11.8 Å². The summed E-state index contributed by atoms with van der Waals surface area (Å²) in [6.07, 6.45) is 3.33. The van der Waals surface area contributed by atoms with Gasteiger partial charge in [-0.25, -0.2) is 4.39 Å². The topological polar surface area (TPSA) is 67.4 Å². The number of amides is 2. The summed E-state index contributed by atoms with van der Waals surface area (Å²) in [4.78, 5) is 24.4. The van der Waals surface area contributed by atoms with Crippen molar-refractivity contribution in [3.05, 3.63) is 35.6 Å². The average molecular weight is 322 g/mol. The van der Waals surface area contributed by atoms with Gasteiger partial charge in [-0.2, -0.15) is 0 Å². The molecule has 0 aliphatic heterocycles. The van der Waals surface area contributed by atoms with Gasteiger partial charge in [-0.3, -0.25) is 9.59 Å². The lowest BCUT2D eigenvalue weighted by atomic mass is 9.78. The highest BCUT2D eigenvalue weighted by Crippen LogP contribution is 2.41. The van der Waals surface area contributed by atoms with E-state index in [0.29, 0.717) is 13.2 Å². The summed E-state index contributed by atoms with van der Waals surface area (Å²) in [5.41, 5.74) is 0.161. The fourth-order valence-electron chi connectivity index (χ4n) is 3.08. The van der Waals surface area contributed by atoms with Gasteiger partial charge in [0, 0.05) is 13.7 Å². The first kappa shape index (κ1) is 17.4. The highest BCUT2D eigenvalue weighted by atomic mass is 19.1. The van der Waals surface area contributed by atoms with Crippen molar-refractivity contribution in [3.8, 4) is 0 Å². The SMILES string of the molecule is COCCNC(=O)CNC(=O)C1(c2ccc(F)cc2)CCCC1. The first-order valence-corrected chi connectivity index (χ1v) is 7.88. The first-order valence-electron chi connectivity index (χ1n) is 7.88. The second-order valence-electron chi connectivity index (χ2n) is 5.82. The third-order valence-corrected chi connectivity index (χ3v) is 4.33. The van der Waals surface area contributed by atoms with Crippen molar-refractivity contribution in [2.24, 2.45) is 0 Å². The van der Waals surface area contributed by atoms with Gasteiger partial charge in [0.2, 0.25) is 11.8 Å². The van der Waals surface area contributed by atoms with Crippen molar-refractivity contribution in [1.82, 2.24) is 10.6 Å². The predicted octanol–water partition coefficient (Wildman–Crippen LogP) is 1.52. The minimum atomic E-state index is -0.652. The Morgan fingerprint density at radius 2 is 1.83 bits per heavy atom. The second kappa shape index (κ2) is 8.06. The molecule has 126 valence electrons. The number of carbonyl (C=O) groups is 2. The summed E-state index contributed by atoms with van der Waals surface area (Å²) in [6.45, 7) is 0.777. The van der Waals surface area contributed by atoms with Gasteiger partial charge in [-0.05, 0) is 30.5 Å². The average Bonchev–Trinajstić information content (AvgIpc) is 3.04. The maximum Gasteiger partial charge on any atom is 0.239 e. The lowest BCUT2D eigenvalue weighted by molar-refractivity contribution is -0.129. The molecule has 23 heavy (non-hydrogen) atoms. The van der Waals surface area contributed by atoms with Crippen LogP contribution in [-0.2, 0) is 19.7 Å². The van der Waals surface area contributed by atoms with Crippen LogP contribution in [0.2, 0.25) is 0 Å². The maximum atomic E-state index is 13.1. The fraction of sp³-hybridized carbons (Fsp3) is 0.529. The zero-order valence-corrected chi connectivity index (χ0v) is 13.4. The molecule has 6 heteroatoms. The van der Waals surface area contributed by atoms with E-state index < -0.39 is 5.41 Å². The number of halogens is 1. The zero-order valence-electron chi connectivity index (χ0n) is 13.4. The van der Waals surface area contributed by atoms with Crippen LogP contribution in [0.25, 0.3) is 0 Å². The Balaban J connectivity index is 1.99. The molecule has 0 spiro atoms. The molecule has 0 aromatic heterocycles. The fourth-order valence-corrected chi connectivity index (χ4v) is 3.08. The van der Waals surface area contributed by atoms with Crippen LogP contribution < -0.4 is 10.6 Å². The lowest BCUT2D eigenvalue weighted by Crippen LogP contribution is -2.46. The van der Waals surface area contributed by atoms with Crippen LogP contribution in [0.3, 0.4) is 0 Å². The molecule has 1 fully saturated rings. The van der Waals surface area contributed by atoms with Gasteiger partial charge in [0.1, 0.15) is 5.82 Å². The Morgan fingerprint density at radius 1 is 1.17 bits per heavy atom. The van der Waals surface area contributed by atoms with Crippen LogP contribution in [0.5, 0.6) is 0 Å². The van der Waals surface area contributed by atoms with Gasteiger partial charge in [-0.15, -0.1) is 0 Å². The summed E-state index contributed by atoms with van der Waals surface area (Å²) in [5, 5.41) is 5.38. The number of hydrogen-bond acceptors (Lipinski definition) is 3. The molecule has 1 aromatic carbocycles. The summed E-state index contributed by atoms with van der Waals surface area (Å²) in [6, 6.07) is 6.08. The predicted molar refractivity (Wildman–Crippen MR) is 84.4 cm³/mol. The van der Waals surface area contributed by atoms with E-state index in [1.54, 1.807) is 19.2 Å². The quantitative estimate of drug-likeness (QED) is 0.748. The number of nitrogens with one attached hydrogen (secondary N) is 2. The molecule has 1 saturated carbocycles. The Labute approximate surface area is 135 Å². The van der Waals surface area contributed by atoms with Crippen molar-refractivity contribution in [2.45, 2.75) is 31.1 Å². The number of benzene rings is 1. The van der Waals surface area contributed by atoms with Crippen LogP contribution >= 0.6 is 0 Å². The van der Waals surface area contributed by atoms with Crippen molar-refractivity contribution in [2.75, 3.05) is 26.8 Å². The number of hydrogen-bond donors (Lipinski definition) is 2. The van der Waals surface area contributed by atoms with Crippen LogP contribution in [-0.4, -0.2) is 38.6 Å². The smallest absolute Gasteiger partial charge is 0.239 e. The molecule has 0 saturated heterocycles. The van der Waals surface area contributed by atoms with E-state index in [2.05, 4.69) is 10.6 Å². The molecule has 1 aromatic rings. The Kier molecular flexibility index (Phi) is 6.10. The molecule has 2 rings (SSSR count). The molecule has 0 atom stereocenters. The second-order valence-corrected chi connectivity index (χ2v) is 5.82. The third-order valence-electron chi connectivity index (χ3n) is 4.33. The van der Waals surface area contributed by atoms with Crippen molar-refractivity contribution < 1.29 is 18.7 Å². The van der Waals surface area contributed by atoms with E-state index >= 15 is 0 Å². The molecular formula is C17H23FN2O3. The summed E-state index contributed by atoms with van der Waals surface area (Å²) >= 11 is 0. The molecule has 0 radical (unpaired) electrons. The van der Waals surface area contributed by atoms with Crippen LogP contribution in [0.1, 0.15) is 31.2 Å². The van der Waals surface area contributed by atoms with Crippen LogP contribution in [0.4, 0.5) is 4.39 Å². The monoisotopic (exact) mass is 322 g/mol. The molecule has 5 nitrogen and oxygen atoms in total. The van der Waals surface area contributed by atoms with E-state index in [4.69, 9.17) is 4.74 Å². The number of rotatable bonds is 7. The van der Waals surface area contributed by atoms with Gasteiger partial charge in [0.25, 0.3) is 0 Å². The van der Waals surface area contributed by atoms with Gasteiger partial charge >= 0.3 is 0 Å². The van der Waals surface area contributed by atoms with E-state index in [-0.39, 0.29) is 24.2 Å². The van der Waals surface area contributed by atoms with E-state index in [1.807, 2.05) is 0 Å². The largest absolute Gasteiger partial charge is 0.383 e. The Bertz CT molecular complexity index is 539. The number of methoxy groups -OCH3 is 1. The highest BCUT2D eigenvalue weighted by molar-refractivity contribution is 5.91. The standard InChI is InChI=1S/C17H23FN2O3/c1-23-11-10-19-15(21)12-20-16(22)17(8-2-3-9-17)13-4-6-14(18)7-5-13/h4-7H,2-3,8-12H2,1H3,(H,19,21)(H,20,22). The van der Waals surface area contributed by atoms with Gasteiger partial charge in [0.05, 0.1) is 18.6 Å². The van der Waals surface area contributed by atoms with Crippen LogP contribution in [0.15, 0.2) is 24.3 Å². The molecule has 2 amide bonds.